The third kappa shape index (κ3) is 3.90. The molecule has 1 aromatic carbocycles. The van der Waals surface area contributed by atoms with Crippen molar-refractivity contribution in [1.82, 2.24) is 9.62 Å². The van der Waals surface area contributed by atoms with Crippen LogP contribution in [0.4, 0.5) is 0 Å². The zero-order chi connectivity index (χ0) is 17.9. The van der Waals surface area contributed by atoms with Crippen LogP contribution in [0.5, 0.6) is 11.5 Å². The fourth-order valence-corrected chi connectivity index (χ4v) is 5.03. The van der Waals surface area contributed by atoms with E-state index in [0.29, 0.717) is 50.5 Å². The molecule has 1 saturated heterocycles. The number of para-hydroxylation sites is 1. The van der Waals surface area contributed by atoms with Crippen molar-refractivity contribution in [2.24, 2.45) is 0 Å². The molecule has 2 heterocycles. The first-order valence-corrected chi connectivity index (χ1v) is 10.3. The summed E-state index contributed by atoms with van der Waals surface area (Å²) in [5, 5.41) is 2.85. The van der Waals surface area contributed by atoms with Crippen molar-refractivity contribution in [1.29, 1.82) is 0 Å². The van der Waals surface area contributed by atoms with Crippen LogP contribution in [0.3, 0.4) is 0 Å². The molecule has 1 unspecified atom stereocenters. The maximum atomic E-state index is 12.6. The molecular weight excluding hydrogens is 344 g/mol. The standard InChI is InChI=1S/C17H24N2O5S/c1-2-11-25(21,22)19-8-4-6-14(19)17(20)18-12-13-5-3-7-15-16(13)24-10-9-23-15/h3,5,7,14H,2,4,6,8-12H2,1H3,(H,18,20). The van der Waals surface area contributed by atoms with E-state index in [0.717, 1.165) is 5.56 Å². The molecule has 0 saturated carbocycles. The molecule has 138 valence electrons. The van der Waals surface area contributed by atoms with Gasteiger partial charge in [-0.3, -0.25) is 4.79 Å². The molecule has 1 fully saturated rings. The van der Waals surface area contributed by atoms with Crippen LogP contribution >= 0.6 is 0 Å². The highest BCUT2D eigenvalue weighted by molar-refractivity contribution is 7.89. The Morgan fingerprint density at radius 2 is 2.12 bits per heavy atom. The fraction of sp³-hybridized carbons (Fsp3) is 0.588. The molecule has 8 heteroatoms. The Labute approximate surface area is 148 Å². The van der Waals surface area contributed by atoms with E-state index in [1.54, 1.807) is 0 Å². The van der Waals surface area contributed by atoms with E-state index in [-0.39, 0.29) is 18.2 Å². The zero-order valence-corrected chi connectivity index (χ0v) is 15.2. The van der Waals surface area contributed by atoms with Gasteiger partial charge in [-0.1, -0.05) is 19.1 Å². The molecule has 0 aromatic heterocycles. The molecule has 1 N–H and O–H groups in total. The van der Waals surface area contributed by atoms with E-state index in [9.17, 15) is 13.2 Å². The first kappa shape index (κ1) is 18.0. The number of carbonyl (C=O) groups excluding carboxylic acids is 1. The Balaban J connectivity index is 1.67. The van der Waals surface area contributed by atoms with E-state index in [1.807, 2.05) is 25.1 Å². The van der Waals surface area contributed by atoms with Crippen LogP contribution in [-0.2, 0) is 21.4 Å². The number of fused-ring (bicyclic) bond motifs is 1. The van der Waals surface area contributed by atoms with Gasteiger partial charge in [-0.05, 0) is 25.3 Å². The molecule has 7 nitrogen and oxygen atoms in total. The second-order valence-electron chi connectivity index (χ2n) is 6.24. The Hall–Kier alpha value is -1.80. The van der Waals surface area contributed by atoms with Crippen molar-refractivity contribution in [3.8, 4) is 11.5 Å². The van der Waals surface area contributed by atoms with Crippen molar-refractivity contribution in [3.05, 3.63) is 23.8 Å². The predicted molar refractivity (Wildman–Crippen MR) is 93.1 cm³/mol. The maximum absolute atomic E-state index is 12.6. The molecule has 1 atom stereocenters. The van der Waals surface area contributed by atoms with Crippen LogP contribution in [0.1, 0.15) is 31.7 Å². The monoisotopic (exact) mass is 368 g/mol. The normalized spacial score (nSPS) is 20.4. The Morgan fingerprint density at radius 1 is 1.32 bits per heavy atom. The van der Waals surface area contributed by atoms with Gasteiger partial charge in [0.15, 0.2) is 11.5 Å². The fourth-order valence-electron chi connectivity index (χ4n) is 3.28. The molecule has 1 amide bonds. The maximum Gasteiger partial charge on any atom is 0.238 e. The minimum atomic E-state index is -3.37. The van der Waals surface area contributed by atoms with Gasteiger partial charge in [-0.25, -0.2) is 8.42 Å². The van der Waals surface area contributed by atoms with Crippen LogP contribution in [0.2, 0.25) is 0 Å². The Kier molecular flexibility index (Phi) is 5.48. The summed E-state index contributed by atoms with van der Waals surface area (Å²) >= 11 is 0. The molecule has 0 radical (unpaired) electrons. The number of hydrogen-bond donors (Lipinski definition) is 1. The molecule has 0 spiro atoms. The topological polar surface area (TPSA) is 84.9 Å². The van der Waals surface area contributed by atoms with Gasteiger partial charge in [0.2, 0.25) is 15.9 Å². The Bertz CT molecular complexity index is 735. The molecule has 0 bridgehead atoms. The van der Waals surface area contributed by atoms with Crippen molar-refractivity contribution in [2.45, 2.75) is 38.8 Å². The summed E-state index contributed by atoms with van der Waals surface area (Å²) < 4.78 is 37.2. The molecular formula is C17H24N2O5S. The Morgan fingerprint density at radius 3 is 2.92 bits per heavy atom. The van der Waals surface area contributed by atoms with E-state index in [1.165, 1.54) is 4.31 Å². The van der Waals surface area contributed by atoms with E-state index in [4.69, 9.17) is 9.47 Å². The number of ether oxygens (including phenoxy) is 2. The highest BCUT2D eigenvalue weighted by Crippen LogP contribution is 2.33. The van der Waals surface area contributed by atoms with E-state index < -0.39 is 16.1 Å². The largest absolute Gasteiger partial charge is 0.486 e. The zero-order valence-electron chi connectivity index (χ0n) is 14.4. The summed E-state index contributed by atoms with van der Waals surface area (Å²) in [4.78, 5) is 12.6. The van der Waals surface area contributed by atoms with Gasteiger partial charge in [0, 0.05) is 18.7 Å². The SMILES string of the molecule is CCCS(=O)(=O)N1CCCC1C(=O)NCc1cccc2c1OCCO2. The number of nitrogens with zero attached hydrogens (tertiary/aromatic N) is 1. The summed E-state index contributed by atoms with van der Waals surface area (Å²) in [6.45, 7) is 3.50. The predicted octanol–water partition coefficient (Wildman–Crippen LogP) is 1.28. The van der Waals surface area contributed by atoms with Gasteiger partial charge >= 0.3 is 0 Å². The van der Waals surface area contributed by atoms with Crippen molar-refractivity contribution in [2.75, 3.05) is 25.5 Å². The summed E-state index contributed by atoms with van der Waals surface area (Å²) in [5.74, 6) is 1.14. The van der Waals surface area contributed by atoms with Crippen molar-refractivity contribution >= 4 is 15.9 Å². The van der Waals surface area contributed by atoms with Gasteiger partial charge < -0.3 is 14.8 Å². The summed E-state index contributed by atoms with van der Waals surface area (Å²) in [6.07, 6.45) is 1.81. The first-order chi connectivity index (χ1) is 12.0. The molecule has 0 aliphatic carbocycles. The average molecular weight is 368 g/mol. The number of rotatable bonds is 6. The lowest BCUT2D eigenvalue weighted by Gasteiger charge is -2.24. The molecule has 2 aliphatic rings. The first-order valence-electron chi connectivity index (χ1n) is 8.67. The number of sulfonamides is 1. The molecule has 25 heavy (non-hydrogen) atoms. The highest BCUT2D eigenvalue weighted by Gasteiger charge is 2.37. The lowest BCUT2D eigenvalue weighted by molar-refractivity contribution is -0.124. The van der Waals surface area contributed by atoms with Crippen LogP contribution in [0, 0.1) is 0 Å². The van der Waals surface area contributed by atoms with Crippen LogP contribution < -0.4 is 14.8 Å². The average Bonchev–Trinajstić information content (AvgIpc) is 3.10. The van der Waals surface area contributed by atoms with Gasteiger partial charge in [-0.15, -0.1) is 0 Å². The third-order valence-corrected chi connectivity index (χ3v) is 6.50. The van der Waals surface area contributed by atoms with Gasteiger partial charge in [0.05, 0.1) is 5.75 Å². The van der Waals surface area contributed by atoms with Gasteiger partial charge in [0.1, 0.15) is 19.3 Å². The van der Waals surface area contributed by atoms with Crippen LogP contribution in [0.25, 0.3) is 0 Å². The molecule has 1 aromatic rings. The smallest absolute Gasteiger partial charge is 0.238 e. The minimum Gasteiger partial charge on any atom is -0.486 e. The number of nitrogens with one attached hydrogen (secondary N) is 1. The minimum absolute atomic E-state index is 0.0775. The third-order valence-electron chi connectivity index (χ3n) is 4.43. The number of hydrogen-bond acceptors (Lipinski definition) is 5. The summed E-state index contributed by atoms with van der Waals surface area (Å²) in [7, 11) is -3.37. The van der Waals surface area contributed by atoms with E-state index in [2.05, 4.69) is 5.32 Å². The lowest BCUT2D eigenvalue weighted by atomic mass is 10.1. The molecule has 3 rings (SSSR count). The number of benzene rings is 1. The quantitative estimate of drug-likeness (QED) is 0.818. The van der Waals surface area contributed by atoms with Crippen LogP contribution in [0.15, 0.2) is 18.2 Å². The van der Waals surface area contributed by atoms with E-state index >= 15 is 0 Å². The lowest BCUT2D eigenvalue weighted by Crippen LogP contribution is -2.46. The van der Waals surface area contributed by atoms with Crippen molar-refractivity contribution < 1.29 is 22.7 Å². The summed E-state index contributed by atoms with van der Waals surface area (Å²) in [6, 6.07) is 4.93. The number of amides is 1. The van der Waals surface area contributed by atoms with Crippen molar-refractivity contribution in [3.63, 3.8) is 0 Å². The van der Waals surface area contributed by atoms with Crippen LogP contribution in [-0.4, -0.2) is 50.2 Å². The van der Waals surface area contributed by atoms with Gasteiger partial charge in [0.25, 0.3) is 0 Å². The highest BCUT2D eigenvalue weighted by atomic mass is 32.2. The second kappa shape index (κ2) is 7.61. The van der Waals surface area contributed by atoms with Gasteiger partial charge in [-0.2, -0.15) is 4.31 Å². The second-order valence-corrected chi connectivity index (χ2v) is 8.28. The number of carbonyl (C=O) groups is 1. The summed E-state index contributed by atoms with van der Waals surface area (Å²) in [5.41, 5.74) is 0.825. The molecule has 2 aliphatic heterocycles.